The van der Waals surface area contributed by atoms with E-state index in [1.165, 1.54) is 5.56 Å². The molecule has 1 unspecified atom stereocenters. The third-order valence-corrected chi connectivity index (χ3v) is 2.57. The molecule has 17 heavy (non-hydrogen) atoms. The van der Waals surface area contributed by atoms with Crippen LogP contribution >= 0.6 is 0 Å². The van der Waals surface area contributed by atoms with Crippen LogP contribution in [0.4, 0.5) is 0 Å². The molecular formula is C14H17N3. The van der Waals surface area contributed by atoms with Gasteiger partial charge >= 0.3 is 0 Å². The van der Waals surface area contributed by atoms with Crippen molar-refractivity contribution in [2.45, 2.75) is 26.3 Å². The second kappa shape index (κ2) is 5.06. The number of hydrogen-bond donors (Lipinski definition) is 1. The fourth-order valence-corrected chi connectivity index (χ4v) is 1.68. The first kappa shape index (κ1) is 11.7. The first-order valence-electron chi connectivity index (χ1n) is 5.78. The Kier molecular flexibility index (Phi) is 3.49. The molecule has 1 aromatic heterocycles. The maximum Gasteiger partial charge on any atom is 0.159 e. The first-order chi connectivity index (χ1) is 8.15. The Bertz CT molecular complexity index is 472. The van der Waals surface area contributed by atoms with Gasteiger partial charge in [-0.25, -0.2) is 9.97 Å². The van der Waals surface area contributed by atoms with Gasteiger partial charge in [-0.3, -0.25) is 0 Å². The summed E-state index contributed by atoms with van der Waals surface area (Å²) < 4.78 is 0. The molecule has 0 bridgehead atoms. The summed E-state index contributed by atoms with van der Waals surface area (Å²) in [5.74, 6) is 0.762. The van der Waals surface area contributed by atoms with Crippen LogP contribution in [0.25, 0.3) is 11.4 Å². The molecular weight excluding hydrogens is 210 g/mol. The van der Waals surface area contributed by atoms with Crippen LogP contribution in [0.1, 0.15) is 18.1 Å². The maximum atomic E-state index is 5.73. The van der Waals surface area contributed by atoms with Gasteiger partial charge in [-0.2, -0.15) is 0 Å². The van der Waals surface area contributed by atoms with Gasteiger partial charge < -0.3 is 5.73 Å². The van der Waals surface area contributed by atoms with Gasteiger partial charge in [0.1, 0.15) is 0 Å². The predicted molar refractivity (Wildman–Crippen MR) is 69.6 cm³/mol. The van der Waals surface area contributed by atoms with Crippen LogP contribution in [0.2, 0.25) is 0 Å². The molecule has 2 aromatic rings. The SMILES string of the molecule is Cc1ccc(-c2ncc(CC(C)N)cn2)cc1. The van der Waals surface area contributed by atoms with E-state index in [1.807, 2.05) is 31.5 Å². The average molecular weight is 227 g/mol. The number of rotatable bonds is 3. The Hall–Kier alpha value is -1.74. The van der Waals surface area contributed by atoms with Gasteiger partial charge in [-0.05, 0) is 25.8 Å². The first-order valence-corrected chi connectivity index (χ1v) is 5.78. The monoisotopic (exact) mass is 227 g/mol. The van der Waals surface area contributed by atoms with Crippen molar-refractivity contribution in [1.82, 2.24) is 9.97 Å². The lowest BCUT2D eigenvalue weighted by molar-refractivity contribution is 0.732. The van der Waals surface area contributed by atoms with Crippen molar-refractivity contribution in [2.75, 3.05) is 0 Å². The minimum atomic E-state index is 0.142. The molecule has 0 radical (unpaired) electrons. The van der Waals surface area contributed by atoms with Crippen molar-refractivity contribution in [1.29, 1.82) is 0 Å². The van der Waals surface area contributed by atoms with E-state index >= 15 is 0 Å². The number of hydrogen-bond acceptors (Lipinski definition) is 3. The molecule has 0 saturated heterocycles. The van der Waals surface area contributed by atoms with Crippen molar-refractivity contribution < 1.29 is 0 Å². The van der Waals surface area contributed by atoms with Crippen LogP contribution in [-0.2, 0) is 6.42 Å². The fraction of sp³-hybridized carbons (Fsp3) is 0.286. The van der Waals surface area contributed by atoms with Crippen LogP contribution < -0.4 is 5.73 Å². The molecule has 2 rings (SSSR count). The van der Waals surface area contributed by atoms with E-state index in [4.69, 9.17) is 5.73 Å². The Morgan fingerprint density at radius 2 is 1.71 bits per heavy atom. The molecule has 1 heterocycles. The quantitative estimate of drug-likeness (QED) is 0.875. The second-order valence-corrected chi connectivity index (χ2v) is 4.46. The predicted octanol–water partition coefficient (Wildman–Crippen LogP) is 2.34. The smallest absolute Gasteiger partial charge is 0.159 e. The van der Waals surface area contributed by atoms with E-state index in [-0.39, 0.29) is 6.04 Å². The van der Waals surface area contributed by atoms with Crippen molar-refractivity contribution in [2.24, 2.45) is 5.73 Å². The van der Waals surface area contributed by atoms with E-state index in [1.54, 1.807) is 0 Å². The lowest BCUT2D eigenvalue weighted by Crippen LogP contribution is -2.18. The van der Waals surface area contributed by atoms with E-state index in [0.717, 1.165) is 23.4 Å². The molecule has 0 aliphatic rings. The van der Waals surface area contributed by atoms with Gasteiger partial charge in [0, 0.05) is 24.0 Å². The van der Waals surface area contributed by atoms with Crippen LogP contribution in [0, 0.1) is 6.92 Å². The molecule has 0 amide bonds. The van der Waals surface area contributed by atoms with Crippen LogP contribution in [0.5, 0.6) is 0 Å². The maximum absolute atomic E-state index is 5.73. The van der Waals surface area contributed by atoms with Gasteiger partial charge in [0.2, 0.25) is 0 Å². The summed E-state index contributed by atoms with van der Waals surface area (Å²) in [6.07, 6.45) is 4.52. The summed E-state index contributed by atoms with van der Waals surface area (Å²) in [4.78, 5) is 8.73. The van der Waals surface area contributed by atoms with Crippen molar-refractivity contribution in [3.05, 3.63) is 47.8 Å². The summed E-state index contributed by atoms with van der Waals surface area (Å²) in [7, 11) is 0. The van der Waals surface area contributed by atoms with Gasteiger partial charge in [-0.15, -0.1) is 0 Å². The van der Waals surface area contributed by atoms with Gasteiger partial charge in [-0.1, -0.05) is 29.8 Å². The standard InChI is InChI=1S/C14H17N3/c1-10-3-5-13(6-4-10)14-16-8-12(9-17-14)7-11(2)15/h3-6,8-9,11H,7,15H2,1-2H3. The largest absolute Gasteiger partial charge is 0.328 e. The second-order valence-electron chi connectivity index (χ2n) is 4.46. The topological polar surface area (TPSA) is 51.8 Å². The number of nitrogens with zero attached hydrogens (tertiary/aromatic N) is 2. The highest BCUT2D eigenvalue weighted by molar-refractivity contribution is 5.54. The number of nitrogens with two attached hydrogens (primary N) is 1. The Morgan fingerprint density at radius 1 is 1.12 bits per heavy atom. The normalized spacial score (nSPS) is 12.4. The van der Waals surface area contributed by atoms with Crippen LogP contribution in [0.15, 0.2) is 36.7 Å². The molecule has 0 aliphatic carbocycles. The Balaban J connectivity index is 2.20. The fourth-order valence-electron chi connectivity index (χ4n) is 1.68. The number of aryl methyl sites for hydroxylation is 1. The lowest BCUT2D eigenvalue weighted by Gasteiger charge is -2.05. The molecule has 3 heteroatoms. The molecule has 0 spiro atoms. The average Bonchev–Trinajstić information content (AvgIpc) is 2.30. The zero-order valence-corrected chi connectivity index (χ0v) is 10.2. The summed E-state index contributed by atoms with van der Waals surface area (Å²) in [5, 5.41) is 0. The summed E-state index contributed by atoms with van der Waals surface area (Å²) in [6.45, 7) is 4.05. The van der Waals surface area contributed by atoms with Gasteiger partial charge in [0.25, 0.3) is 0 Å². The molecule has 0 fully saturated rings. The van der Waals surface area contributed by atoms with E-state index in [2.05, 4.69) is 29.0 Å². The van der Waals surface area contributed by atoms with E-state index in [0.29, 0.717) is 0 Å². The van der Waals surface area contributed by atoms with Crippen LogP contribution in [0.3, 0.4) is 0 Å². The molecule has 1 aromatic carbocycles. The highest BCUT2D eigenvalue weighted by atomic mass is 14.9. The van der Waals surface area contributed by atoms with E-state index < -0.39 is 0 Å². The zero-order valence-electron chi connectivity index (χ0n) is 10.2. The number of benzene rings is 1. The lowest BCUT2D eigenvalue weighted by atomic mass is 10.1. The molecule has 0 saturated carbocycles. The molecule has 2 N–H and O–H groups in total. The minimum Gasteiger partial charge on any atom is -0.328 e. The third kappa shape index (κ3) is 3.11. The Morgan fingerprint density at radius 3 is 2.24 bits per heavy atom. The summed E-state index contributed by atoms with van der Waals surface area (Å²) in [5.41, 5.74) is 9.10. The Labute approximate surface area is 102 Å². The summed E-state index contributed by atoms with van der Waals surface area (Å²) in [6, 6.07) is 8.35. The van der Waals surface area contributed by atoms with Crippen LogP contribution in [-0.4, -0.2) is 16.0 Å². The van der Waals surface area contributed by atoms with Crippen molar-refractivity contribution >= 4 is 0 Å². The third-order valence-electron chi connectivity index (χ3n) is 2.57. The minimum absolute atomic E-state index is 0.142. The van der Waals surface area contributed by atoms with E-state index in [9.17, 15) is 0 Å². The van der Waals surface area contributed by atoms with Crippen molar-refractivity contribution in [3.63, 3.8) is 0 Å². The number of aromatic nitrogens is 2. The molecule has 88 valence electrons. The molecule has 0 aliphatic heterocycles. The highest BCUT2D eigenvalue weighted by Crippen LogP contribution is 2.15. The molecule has 3 nitrogen and oxygen atoms in total. The molecule has 1 atom stereocenters. The zero-order chi connectivity index (χ0) is 12.3. The van der Waals surface area contributed by atoms with Gasteiger partial charge in [0.15, 0.2) is 5.82 Å². The van der Waals surface area contributed by atoms with Crippen molar-refractivity contribution in [3.8, 4) is 11.4 Å². The highest BCUT2D eigenvalue weighted by Gasteiger charge is 2.02. The summed E-state index contributed by atoms with van der Waals surface area (Å²) >= 11 is 0. The van der Waals surface area contributed by atoms with Gasteiger partial charge in [0.05, 0.1) is 0 Å².